The third-order valence-electron chi connectivity index (χ3n) is 2.44. The number of hydrogen-bond acceptors (Lipinski definition) is 1. The fourth-order valence-electron chi connectivity index (χ4n) is 1.52. The molecule has 0 atom stereocenters. The largest absolute Gasteiger partial charge is 0.289 e. The number of rotatable bonds is 3. The van der Waals surface area contributed by atoms with Gasteiger partial charge in [0.2, 0.25) is 0 Å². The van der Waals surface area contributed by atoms with Crippen LogP contribution in [0.2, 0.25) is 10.0 Å². The van der Waals surface area contributed by atoms with Crippen LogP contribution < -0.4 is 0 Å². The Balaban J connectivity index is 2.23. The molecule has 0 unspecified atom stereocenters. The number of benzene rings is 2. The van der Waals surface area contributed by atoms with Gasteiger partial charge in [0.05, 0.1) is 10.0 Å². The zero-order valence-electron chi connectivity index (χ0n) is 9.44. The standard InChI is InChI=1S/C15H10Cl2O/c16-13-8-4-7-12(15(13)17)14(18)10-9-11-5-2-1-3-6-11/h1-10H/b10-9-. The Morgan fingerprint density at radius 1 is 0.944 bits per heavy atom. The molecule has 0 heterocycles. The van der Waals surface area contributed by atoms with Crippen LogP contribution in [-0.4, -0.2) is 5.78 Å². The molecule has 2 aromatic carbocycles. The van der Waals surface area contributed by atoms with E-state index in [2.05, 4.69) is 0 Å². The first kappa shape index (κ1) is 12.9. The molecule has 18 heavy (non-hydrogen) atoms. The SMILES string of the molecule is O=C(/C=C\c1ccccc1)c1cccc(Cl)c1Cl. The highest BCUT2D eigenvalue weighted by molar-refractivity contribution is 6.44. The van der Waals surface area contributed by atoms with E-state index in [-0.39, 0.29) is 5.78 Å². The average molecular weight is 277 g/mol. The highest BCUT2D eigenvalue weighted by atomic mass is 35.5. The Hall–Kier alpha value is -1.57. The molecule has 0 N–H and O–H groups in total. The molecular weight excluding hydrogens is 267 g/mol. The second-order valence-electron chi connectivity index (χ2n) is 3.71. The monoisotopic (exact) mass is 276 g/mol. The summed E-state index contributed by atoms with van der Waals surface area (Å²) in [4.78, 5) is 12.0. The molecule has 0 saturated carbocycles. The first-order chi connectivity index (χ1) is 8.68. The van der Waals surface area contributed by atoms with Crippen LogP contribution in [0, 0.1) is 0 Å². The molecule has 0 aliphatic heterocycles. The molecule has 0 aromatic heterocycles. The molecule has 90 valence electrons. The predicted molar refractivity (Wildman–Crippen MR) is 76.3 cm³/mol. The lowest BCUT2D eigenvalue weighted by atomic mass is 10.1. The minimum absolute atomic E-state index is 0.161. The fraction of sp³-hybridized carbons (Fsp3) is 0. The van der Waals surface area contributed by atoms with E-state index in [0.29, 0.717) is 15.6 Å². The van der Waals surface area contributed by atoms with Crippen LogP contribution in [0.15, 0.2) is 54.6 Å². The van der Waals surface area contributed by atoms with Gasteiger partial charge in [0, 0.05) is 5.56 Å². The summed E-state index contributed by atoms with van der Waals surface area (Å²) in [6, 6.07) is 14.6. The maximum absolute atomic E-state index is 12.0. The Morgan fingerprint density at radius 3 is 2.39 bits per heavy atom. The Morgan fingerprint density at radius 2 is 1.67 bits per heavy atom. The second kappa shape index (κ2) is 5.85. The summed E-state index contributed by atoms with van der Waals surface area (Å²) >= 11 is 11.8. The molecule has 0 radical (unpaired) electrons. The minimum atomic E-state index is -0.161. The van der Waals surface area contributed by atoms with Crippen LogP contribution in [-0.2, 0) is 0 Å². The molecule has 3 heteroatoms. The van der Waals surface area contributed by atoms with Gasteiger partial charge in [-0.15, -0.1) is 0 Å². The summed E-state index contributed by atoms with van der Waals surface area (Å²) in [6.07, 6.45) is 3.24. The van der Waals surface area contributed by atoms with E-state index < -0.39 is 0 Å². The molecular formula is C15H10Cl2O. The van der Waals surface area contributed by atoms with Gasteiger partial charge in [-0.3, -0.25) is 4.79 Å². The lowest BCUT2D eigenvalue weighted by molar-refractivity contribution is 0.104. The van der Waals surface area contributed by atoms with Crippen molar-refractivity contribution >= 4 is 35.1 Å². The van der Waals surface area contributed by atoms with Crippen LogP contribution in [0.4, 0.5) is 0 Å². The van der Waals surface area contributed by atoms with Gasteiger partial charge in [-0.05, 0) is 23.8 Å². The summed E-state index contributed by atoms with van der Waals surface area (Å²) < 4.78 is 0. The van der Waals surface area contributed by atoms with Crippen LogP contribution in [0.5, 0.6) is 0 Å². The van der Waals surface area contributed by atoms with Crippen molar-refractivity contribution in [2.24, 2.45) is 0 Å². The smallest absolute Gasteiger partial charge is 0.187 e. The molecule has 0 bridgehead atoms. The van der Waals surface area contributed by atoms with E-state index in [0.717, 1.165) is 5.56 Å². The zero-order valence-corrected chi connectivity index (χ0v) is 10.9. The molecule has 2 rings (SSSR count). The molecule has 0 aliphatic carbocycles. The van der Waals surface area contributed by atoms with Crippen molar-refractivity contribution in [1.29, 1.82) is 0 Å². The third kappa shape index (κ3) is 3.00. The summed E-state index contributed by atoms with van der Waals surface area (Å²) in [6.45, 7) is 0. The van der Waals surface area contributed by atoms with Gasteiger partial charge < -0.3 is 0 Å². The lowest BCUT2D eigenvalue weighted by Crippen LogP contribution is -1.95. The van der Waals surface area contributed by atoms with E-state index >= 15 is 0 Å². The predicted octanol–water partition coefficient (Wildman–Crippen LogP) is 4.89. The van der Waals surface area contributed by atoms with Crippen molar-refractivity contribution in [2.45, 2.75) is 0 Å². The van der Waals surface area contributed by atoms with Gasteiger partial charge in [-0.2, -0.15) is 0 Å². The molecule has 1 nitrogen and oxygen atoms in total. The molecule has 0 saturated heterocycles. The molecule has 0 aliphatic rings. The van der Waals surface area contributed by atoms with Crippen molar-refractivity contribution < 1.29 is 4.79 Å². The number of ketones is 1. The zero-order chi connectivity index (χ0) is 13.0. The van der Waals surface area contributed by atoms with E-state index in [1.165, 1.54) is 6.08 Å². The van der Waals surface area contributed by atoms with Crippen LogP contribution in [0.3, 0.4) is 0 Å². The number of carbonyl (C=O) groups is 1. The van der Waals surface area contributed by atoms with E-state index in [1.807, 2.05) is 30.3 Å². The first-order valence-electron chi connectivity index (χ1n) is 5.40. The van der Waals surface area contributed by atoms with Gasteiger partial charge >= 0.3 is 0 Å². The van der Waals surface area contributed by atoms with Crippen LogP contribution in [0.25, 0.3) is 6.08 Å². The maximum Gasteiger partial charge on any atom is 0.187 e. The Kier molecular flexibility index (Phi) is 4.19. The lowest BCUT2D eigenvalue weighted by Gasteiger charge is -2.01. The summed E-state index contributed by atoms with van der Waals surface area (Å²) in [5, 5.41) is 0.678. The minimum Gasteiger partial charge on any atom is -0.289 e. The van der Waals surface area contributed by atoms with Crippen LogP contribution in [0.1, 0.15) is 15.9 Å². The number of halogens is 2. The highest BCUT2D eigenvalue weighted by Gasteiger charge is 2.09. The van der Waals surface area contributed by atoms with Crippen molar-refractivity contribution in [3.63, 3.8) is 0 Å². The van der Waals surface area contributed by atoms with Gasteiger partial charge in [-0.1, -0.05) is 65.7 Å². The van der Waals surface area contributed by atoms with Crippen molar-refractivity contribution in [3.05, 3.63) is 75.8 Å². The Labute approximate surface area is 116 Å². The quantitative estimate of drug-likeness (QED) is 0.576. The summed E-state index contributed by atoms with van der Waals surface area (Å²) in [7, 11) is 0. The summed E-state index contributed by atoms with van der Waals surface area (Å²) in [5.74, 6) is -0.161. The normalized spacial score (nSPS) is 10.8. The first-order valence-corrected chi connectivity index (χ1v) is 6.15. The number of allylic oxidation sites excluding steroid dienone is 1. The van der Waals surface area contributed by atoms with Crippen molar-refractivity contribution in [3.8, 4) is 0 Å². The molecule has 2 aromatic rings. The topological polar surface area (TPSA) is 17.1 Å². The summed E-state index contributed by atoms with van der Waals surface area (Å²) in [5.41, 5.74) is 1.38. The van der Waals surface area contributed by atoms with E-state index in [9.17, 15) is 4.79 Å². The van der Waals surface area contributed by atoms with Crippen molar-refractivity contribution in [2.75, 3.05) is 0 Å². The molecule has 0 fully saturated rings. The number of hydrogen-bond donors (Lipinski definition) is 0. The van der Waals surface area contributed by atoms with Gasteiger partial charge in [0.15, 0.2) is 5.78 Å². The van der Waals surface area contributed by atoms with E-state index in [1.54, 1.807) is 24.3 Å². The highest BCUT2D eigenvalue weighted by Crippen LogP contribution is 2.26. The van der Waals surface area contributed by atoms with E-state index in [4.69, 9.17) is 23.2 Å². The molecule has 0 spiro atoms. The van der Waals surface area contributed by atoms with Gasteiger partial charge in [0.25, 0.3) is 0 Å². The van der Waals surface area contributed by atoms with Crippen LogP contribution >= 0.6 is 23.2 Å². The third-order valence-corrected chi connectivity index (χ3v) is 3.26. The maximum atomic E-state index is 12.0. The second-order valence-corrected chi connectivity index (χ2v) is 4.49. The van der Waals surface area contributed by atoms with Gasteiger partial charge in [0.1, 0.15) is 0 Å². The average Bonchev–Trinajstić information content (AvgIpc) is 2.40. The number of carbonyl (C=O) groups excluding carboxylic acids is 1. The molecule has 0 amide bonds. The Bertz CT molecular complexity index is 589. The fourth-order valence-corrected chi connectivity index (χ4v) is 1.91. The van der Waals surface area contributed by atoms with Crippen molar-refractivity contribution in [1.82, 2.24) is 0 Å². The van der Waals surface area contributed by atoms with Gasteiger partial charge in [-0.25, -0.2) is 0 Å².